The Hall–Kier alpha value is -2.22. The van der Waals surface area contributed by atoms with Crippen molar-refractivity contribution in [2.24, 2.45) is 0 Å². The molecule has 0 saturated carbocycles. The SMILES string of the molecule is CCC(NC(=O)c1ccc(CS(=O)(=O)N2CCOCC2)cc1)c1ccc(C)c(C)c1. The van der Waals surface area contributed by atoms with Crippen LogP contribution in [0.5, 0.6) is 0 Å². The van der Waals surface area contributed by atoms with Crippen molar-refractivity contribution in [1.82, 2.24) is 9.62 Å². The number of morpholine rings is 1. The van der Waals surface area contributed by atoms with Crippen molar-refractivity contribution in [1.29, 1.82) is 0 Å². The van der Waals surface area contributed by atoms with Crippen molar-refractivity contribution in [3.8, 4) is 0 Å². The fourth-order valence-electron chi connectivity index (χ4n) is 3.52. The Morgan fingerprint density at radius 1 is 1.07 bits per heavy atom. The van der Waals surface area contributed by atoms with Gasteiger partial charge in [-0.2, -0.15) is 4.31 Å². The third-order valence-corrected chi connectivity index (χ3v) is 7.43. The molecule has 1 heterocycles. The number of rotatable bonds is 7. The van der Waals surface area contributed by atoms with Crippen LogP contribution in [0.2, 0.25) is 0 Å². The summed E-state index contributed by atoms with van der Waals surface area (Å²) in [6.45, 7) is 7.81. The Bertz CT molecular complexity index is 981. The van der Waals surface area contributed by atoms with Gasteiger partial charge in [0.15, 0.2) is 0 Å². The number of nitrogens with one attached hydrogen (secondary N) is 1. The monoisotopic (exact) mass is 430 g/mol. The van der Waals surface area contributed by atoms with Gasteiger partial charge in [0, 0.05) is 18.7 Å². The van der Waals surface area contributed by atoms with Crippen molar-refractivity contribution in [2.75, 3.05) is 26.3 Å². The molecule has 1 atom stereocenters. The number of hydrogen-bond acceptors (Lipinski definition) is 4. The summed E-state index contributed by atoms with van der Waals surface area (Å²) < 4.78 is 31.8. The van der Waals surface area contributed by atoms with E-state index in [4.69, 9.17) is 4.74 Å². The molecule has 1 aliphatic rings. The highest BCUT2D eigenvalue weighted by Crippen LogP contribution is 2.21. The van der Waals surface area contributed by atoms with E-state index in [2.05, 4.69) is 37.4 Å². The van der Waals surface area contributed by atoms with E-state index in [0.717, 1.165) is 12.0 Å². The van der Waals surface area contributed by atoms with Gasteiger partial charge in [0.2, 0.25) is 10.0 Å². The number of sulfonamides is 1. The molecule has 2 aromatic carbocycles. The summed E-state index contributed by atoms with van der Waals surface area (Å²) in [7, 11) is -3.38. The minimum atomic E-state index is -3.38. The van der Waals surface area contributed by atoms with Gasteiger partial charge < -0.3 is 10.1 Å². The number of benzene rings is 2. The zero-order valence-corrected chi connectivity index (χ0v) is 18.7. The van der Waals surface area contributed by atoms with Crippen LogP contribution in [0.25, 0.3) is 0 Å². The Kier molecular flexibility index (Phi) is 7.28. The number of amides is 1. The molecule has 1 fully saturated rings. The van der Waals surface area contributed by atoms with E-state index >= 15 is 0 Å². The zero-order chi connectivity index (χ0) is 21.7. The Labute approximate surface area is 179 Å². The Balaban J connectivity index is 1.66. The van der Waals surface area contributed by atoms with Gasteiger partial charge in [-0.05, 0) is 54.7 Å². The Morgan fingerprint density at radius 2 is 1.73 bits per heavy atom. The minimum absolute atomic E-state index is 0.0711. The molecule has 7 heteroatoms. The van der Waals surface area contributed by atoms with Gasteiger partial charge in [-0.3, -0.25) is 4.79 Å². The van der Waals surface area contributed by atoms with Crippen molar-refractivity contribution in [3.63, 3.8) is 0 Å². The van der Waals surface area contributed by atoms with Crippen LogP contribution < -0.4 is 5.32 Å². The van der Waals surface area contributed by atoms with Crippen LogP contribution in [-0.2, 0) is 20.5 Å². The lowest BCUT2D eigenvalue weighted by Crippen LogP contribution is -2.41. The highest BCUT2D eigenvalue weighted by Gasteiger charge is 2.24. The molecule has 2 aromatic rings. The topological polar surface area (TPSA) is 75.7 Å². The third kappa shape index (κ3) is 5.47. The van der Waals surface area contributed by atoms with Gasteiger partial charge in [0.05, 0.1) is 25.0 Å². The molecule has 0 radical (unpaired) electrons. The lowest BCUT2D eigenvalue weighted by atomic mass is 9.99. The summed E-state index contributed by atoms with van der Waals surface area (Å²) >= 11 is 0. The van der Waals surface area contributed by atoms with Crippen LogP contribution in [0.1, 0.15) is 52.0 Å². The van der Waals surface area contributed by atoms with Crippen molar-refractivity contribution in [2.45, 2.75) is 39.0 Å². The second-order valence-corrected chi connectivity index (χ2v) is 9.71. The van der Waals surface area contributed by atoms with E-state index in [-0.39, 0.29) is 17.7 Å². The Morgan fingerprint density at radius 3 is 2.33 bits per heavy atom. The first-order valence-electron chi connectivity index (χ1n) is 10.3. The maximum atomic E-state index is 12.7. The molecule has 1 N–H and O–H groups in total. The normalized spacial score (nSPS) is 16.2. The largest absolute Gasteiger partial charge is 0.379 e. The highest BCUT2D eigenvalue weighted by molar-refractivity contribution is 7.88. The predicted octanol–water partition coefficient (Wildman–Crippen LogP) is 3.35. The lowest BCUT2D eigenvalue weighted by Gasteiger charge is -2.26. The molecule has 30 heavy (non-hydrogen) atoms. The number of carbonyl (C=O) groups is 1. The second-order valence-electron chi connectivity index (χ2n) is 7.74. The maximum absolute atomic E-state index is 12.7. The van der Waals surface area contributed by atoms with Gasteiger partial charge in [-0.15, -0.1) is 0 Å². The molecule has 0 bridgehead atoms. The minimum Gasteiger partial charge on any atom is -0.379 e. The smallest absolute Gasteiger partial charge is 0.251 e. The number of ether oxygens (including phenoxy) is 1. The van der Waals surface area contributed by atoms with Gasteiger partial charge in [0.25, 0.3) is 5.91 Å². The van der Waals surface area contributed by atoms with Gasteiger partial charge in [0.1, 0.15) is 0 Å². The van der Waals surface area contributed by atoms with E-state index in [1.54, 1.807) is 24.3 Å². The van der Waals surface area contributed by atoms with Gasteiger partial charge in [-0.1, -0.05) is 37.3 Å². The molecule has 0 aliphatic carbocycles. The quantitative estimate of drug-likeness (QED) is 0.731. The zero-order valence-electron chi connectivity index (χ0n) is 17.8. The molecule has 0 aromatic heterocycles. The first kappa shape index (κ1) is 22.5. The molecule has 1 saturated heterocycles. The fraction of sp³-hybridized carbons (Fsp3) is 0.435. The summed E-state index contributed by atoms with van der Waals surface area (Å²) in [6.07, 6.45) is 0.782. The standard InChI is InChI=1S/C23H30N2O4S/c1-4-22(21-8-5-17(2)18(3)15-21)24-23(26)20-9-6-19(7-10-20)16-30(27,28)25-11-13-29-14-12-25/h5-10,15,22H,4,11-14,16H2,1-3H3,(H,24,26). The summed E-state index contributed by atoms with van der Waals surface area (Å²) in [5.74, 6) is -0.238. The lowest BCUT2D eigenvalue weighted by molar-refractivity contribution is 0.0729. The van der Waals surface area contributed by atoms with E-state index in [0.29, 0.717) is 37.4 Å². The number of nitrogens with zero attached hydrogens (tertiary/aromatic N) is 1. The number of aryl methyl sites for hydroxylation is 2. The van der Waals surface area contributed by atoms with Crippen molar-refractivity contribution < 1.29 is 17.9 Å². The van der Waals surface area contributed by atoms with E-state index in [1.165, 1.54) is 15.4 Å². The van der Waals surface area contributed by atoms with Crippen LogP contribution in [0.3, 0.4) is 0 Å². The first-order chi connectivity index (χ1) is 14.3. The average molecular weight is 431 g/mol. The highest BCUT2D eigenvalue weighted by atomic mass is 32.2. The van der Waals surface area contributed by atoms with Crippen molar-refractivity contribution in [3.05, 3.63) is 70.3 Å². The van der Waals surface area contributed by atoms with Crippen LogP contribution >= 0.6 is 0 Å². The molecular weight excluding hydrogens is 400 g/mol. The molecule has 0 spiro atoms. The van der Waals surface area contributed by atoms with Crippen LogP contribution in [-0.4, -0.2) is 44.9 Å². The first-order valence-corrected chi connectivity index (χ1v) is 11.9. The number of carbonyl (C=O) groups excluding carboxylic acids is 1. The summed E-state index contributed by atoms with van der Waals surface area (Å²) in [5.41, 5.74) is 4.69. The summed E-state index contributed by atoms with van der Waals surface area (Å²) in [4.78, 5) is 12.7. The third-order valence-electron chi connectivity index (χ3n) is 5.58. The van der Waals surface area contributed by atoms with Gasteiger partial charge >= 0.3 is 0 Å². The molecule has 3 rings (SSSR count). The molecule has 1 aliphatic heterocycles. The summed E-state index contributed by atoms with van der Waals surface area (Å²) in [5, 5.41) is 3.09. The van der Waals surface area contributed by atoms with E-state index < -0.39 is 10.0 Å². The van der Waals surface area contributed by atoms with Gasteiger partial charge in [-0.25, -0.2) is 8.42 Å². The molecule has 6 nitrogen and oxygen atoms in total. The van der Waals surface area contributed by atoms with Crippen LogP contribution in [0.15, 0.2) is 42.5 Å². The van der Waals surface area contributed by atoms with Crippen LogP contribution in [0.4, 0.5) is 0 Å². The second kappa shape index (κ2) is 9.73. The molecule has 162 valence electrons. The molecule has 1 amide bonds. The molecular formula is C23H30N2O4S. The number of hydrogen-bond donors (Lipinski definition) is 1. The predicted molar refractivity (Wildman–Crippen MR) is 118 cm³/mol. The average Bonchev–Trinajstić information content (AvgIpc) is 2.75. The fourth-order valence-corrected chi connectivity index (χ4v) is 5.02. The van der Waals surface area contributed by atoms with Crippen LogP contribution in [0, 0.1) is 13.8 Å². The van der Waals surface area contributed by atoms with E-state index in [1.807, 2.05) is 6.92 Å². The summed E-state index contributed by atoms with van der Waals surface area (Å²) in [6, 6.07) is 13.0. The van der Waals surface area contributed by atoms with E-state index in [9.17, 15) is 13.2 Å². The molecule has 1 unspecified atom stereocenters. The maximum Gasteiger partial charge on any atom is 0.251 e. The van der Waals surface area contributed by atoms with Crippen molar-refractivity contribution >= 4 is 15.9 Å².